The molecule has 0 N–H and O–H groups in total. The van der Waals surface area contributed by atoms with E-state index in [1.54, 1.807) is 0 Å². The van der Waals surface area contributed by atoms with Crippen LogP contribution < -0.4 is 9.80 Å². The molecule has 6 aromatic carbocycles. The van der Waals surface area contributed by atoms with E-state index in [0.717, 1.165) is 22.7 Å². The molecular formula is C38H26N2S2. The van der Waals surface area contributed by atoms with Crippen molar-refractivity contribution in [1.82, 2.24) is 0 Å². The first-order valence-corrected chi connectivity index (χ1v) is 15.7. The van der Waals surface area contributed by atoms with Gasteiger partial charge in [0.25, 0.3) is 0 Å². The summed E-state index contributed by atoms with van der Waals surface area (Å²) in [6.07, 6.45) is 0. The van der Waals surface area contributed by atoms with Crippen molar-refractivity contribution in [2.24, 2.45) is 0 Å². The third-order valence-electron chi connectivity index (χ3n) is 7.63. The molecule has 0 fully saturated rings. The van der Waals surface area contributed by atoms with Crippen molar-refractivity contribution in [2.45, 2.75) is 0 Å². The van der Waals surface area contributed by atoms with Gasteiger partial charge >= 0.3 is 0 Å². The highest BCUT2D eigenvalue weighted by Crippen LogP contribution is 2.47. The topological polar surface area (TPSA) is 6.48 Å². The zero-order valence-electron chi connectivity index (χ0n) is 22.7. The summed E-state index contributed by atoms with van der Waals surface area (Å²) >= 11 is 3.72. The van der Waals surface area contributed by atoms with Crippen molar-refractivity contribution >= 4 is 86.4 Å². The first kappa shape index (κ1) is 24.9. The largest absolute Gasteiger partial charge is 0.302 e. The fourth-order valence-electron chi connectivity index (χ4n) is 5.71. The number of rotatable bonds is 6. The standard InChI is InChI=1S/C38H26N2S2/c1-5-13-29(14-6-1)39(30-15-7-2-8-16-30)35-25-27-21-23-34-33(37(27)41-35)24-22-28-26-36(42-38(28)34)40(31-17-9-3-10-18-31)32-19-11-4-12-20-32/h1-26H. The molecule has 0 atom stereocenters. The third-order valence-corrected chi connectivity index (χ3v) is 9.97. The number of benzene rings is 6. The van der Waals surface area contributed by atoms with Crippen LogP contribution in [0.4, 0.5) is 32.8 Å². The minimum Gasteiger partial charge on any atom is -0.302 e. The lowest BCUT2D eigenvalue weighted by molar-refractivity contribution is 1.32. The molecule has 42 heavy (non-hydrogen) atoms. The molecule has 0 spiro atoms. The Labute approximate surface area is 253 Å². The molecule has 0 bridgehead atoms. The Balaban J connectivity index is 1.29. The molecule has 0 aliphatic heterocycles. The molecule has 200 valence electrons. The summed E-state index contributed by atoms with van der Waals surface area (Å²) in [4.78, 5) is 4.71. The molecule has 0 aliphatic carbocycles. The van der Waals surface area contributed by atoms with Crippen LogP contribution in [0.3, 0.4) is 0 Å². The van der Waals surface area contributed by atoms with Crippen LogP contribution in [0.5, 0.6) is 0 Å². The zero-order valence-corrected chi connectivity index (χ0v) is 24.4. The van der Waals surface area contributed by atoms with E-state index in [0.29, 0.717) is 0 Å². The Kier molecular flexibility index (Phi) is 6.21. The van der Waals surface area contributed by atoms with E-state index in [1.807, 2.05) is 22.7 Å². The molecule has 8 rings (SSSR count). The Hall–Kier alpha value is -4.90. The number of para-hydroxylation sites is 4. The lowest BCUT2D eigenvalue weighted by Crippen LogP contribution is -2.07. The minimum absolute atomic E-state index is 1.16. The van der Waals surface area contributed by atoms with E-state index in [1.165, 1.54) is 40.9 Å². The number of hydrogen-bond donors (Lipinski definition) is 0. The van der Waals surface area contributed by atoms with Crippen LogP contribution in [-0.2, 0) is 0 Å². The molecule has 4 heteroatoms. The smallest absolute Gasteiger partial charge is 0.101 e. The van der Waals surface area contributed by atoms with Gasteiger partial charge in [-0.15, -0.1) is 22.7 Å². The maximum absolute atomic E-state index is 2.36. The summed E-state index contributed by atoms with van der Waals surface area (Å²) in [5, 5.41) is 7.56. The lowest BCUT2D eigenvalue weighted by atomic mass is 10.1. The molecule has 2 heterocycles. The van der Waals surface area contributed by atoms with Crippen molar-refractivity contribution in [2.75, 3.05) is 9.80 Å². The predicted molar refractivity (Wildman–Crippen MR) is 184 cm³/mol. The third kappa shape index (κ3) is 4.33. The SMILES string of the molecule is c1ccc(N(c2ccccc2)c2cc3ccc4c(ccc5cc(N(c6ccccc6)c6ccccc6)sc54)c3s2)cc1. The van der Waals surface area contributed by atoms with Crippen molar-refractivity contribution in [3.05, 3.63) is 158 Å². The van der Waals surface area contributed by atoms with E-state index in [-0.39, 0.29) is 0 Å². The quantitative estimate of drug-likeness (QED) is 0.195. The Morgan fingerprint density at radius 2 is 0.643 bits per heavy atom. The minimum atomic E-state index is 1.16. The highest BCUT2D eigenvalue weighted by Gasteiger charge is 2.19. The summed E-state index contributed by atoms with van der Waals surface area (Å²) in [6.45, 7) is 0. The van der Waals surface area contributed by atoms with Gasteiger partial charge < -0.3 is 9.80 Å². The molecule has 0 saturated carbocycles. The van der Waals surface area contributed by atoms with Gasteiger partial charge in [-0.25, -0.2) is 0 Å². The van der Waals surface area contributed by atoms with Crippen molar-refractivity contribution in [3.8, 4) is 0 Å². The summed E-state index contributed by atoms with van der Waals surface area (Å²) in [5.74, 6) is 0. The van der Waals surface area contributed by atoms with Crippen LogP contribution in [-0.4, -0.2) is 0 Å². The monoisotopic (exact) mass is 574 g/mol. The second-order valence-electron chi connectivity index (χ2n) is 10.2. The summed E-state index contributed by atoms with van der Waals surface area (Å²) < 4.78 is 2.64. The van der Waals surface area contributed by atoms with Gasteiger partial charge in [-0.3, -0.25) is 0 Å². The maximum atomic E-state index is 2.36. The molecular weight excluding hydrogens is 549 g/mol. The maximum Gasteiger partial charge on any atom is 0.101 e. The number of thiophene rings is 2. The van der Waals surface area contributed by atoms with E-state index < -0.39 is 0 Å². The van der Waals surface area contributed by atoms with Crippen LogP contribution in [0, 0.1) is 0 Å². The molecule has 0 aliphatic rings. The molecule has 8 aromatic rings. The number of fused-ring (bicyclic) bond motifs is 5. The summed E-state index contributed by atoms with van der Waals surface area (Å²) in [6, 6.07) is 56.4. The normalized spacial score (nSPS) is 11.3. The lowest BCUT2D eigenvalue weighted by Gasteiger charge is -2.23. The Bertz CT molecular complexity index is 1900. The fraction of sp³-hybridized carbons (Fsp3) is 0. The average Bonchev–Trinajstić information content (AvgIpc) is 3.68. The number of hydrogen-bond acceptors (Lipinski definition) is 4. The van der Waals surface area contributed by atoms with Gasteiger partial charge in [0, 0.05) is 42.9 Å². The number of anilines is 6. The summed E-state index contributed by atoms with van der Waals surface area (Å²) in [7, 11) is 0. The van der Waals surface area contributed by atoms with Gasteiger partial charge in [0.15, 0.2) is 0 Å². The Morgan fingerprint density at radius 1 is 0.333 bits per heavy atom. The van der Waals surface area contributed by atoms with E-state index in [2.05, 4.69) is 168 Å². The van der Waals surface area contributed by atoms with Crippen LogP contribution >= 0.6 is 22.7 Å². The van der Waals surface area contributed by atoms with Crippen LogP contribution in [0.1, 0.15) is 0 Å². The number of nitrogens with zero attached hydrogens (tertiary/aromatic N) is 2. The Morgan fingerprint density at radius 3 is 0.952 bits per heavy atom. The fourth-order valence-corrected chi connectivity index (χ4v) is 8.17. The molecule has 0 unspecified atom stereocenters. The van der Waals surface area contributed by atoms with Gasteiger partial charge in [0.2, 0.25) is 0 Å². The predicted octanol–water partition coefficient (Wildman–Crippen LogP) is 12.2. The van der Waals surface area contributed by atoms with E-state index >= 15 is 0 Å². The van der Waals surface area contributed by atoms with Crippen LogP contribution in [0.15, 0.2) is 158 Å². The van der Waals surface area contributed by atoms with Gasteiger partial charge in [0.1, 0.15) is 10.0 Å². The highest BCUT2D eigenvalue weighted by molar-refractivity contribution is 7.25. The molecule has 0 radical (unpaired) electrons. The van der Waals surface area contributed by atoms with Gasteiger partial charge in [-0.1, -0.05) is 97.1 Å². The van der Waals surface area contributed by atoms with Crippen molar-refractivity contribution in [1.29, 1.82) is 0 Å². The van der Waals surface area contributed by atoms with Crippen LogP contribution in [0.2, 0.25) is 0 Å². The first-order valence-electron chi connectivity index (χ1n) is 14.0. The highest BCUT2D eigenvalue weighted by atomic mass is 32.1. The molecule has 2 nitrogen and oxygen atoms in total. The molecule has 0 amide bonds. The molecule has 0 saturated heterocycles. The molecule has 2 aromatic heterocycles. The van der Waals surface area contributed by atoms with Crippen molar-refractivity contribution < 1.29 is 0 Å². The van der Waals surface area contributed by atoms with Gasteiger partial charge in [-0.05, 0) is 71.4 Å². The second kappa shape index (κ2) is 10.5. The van der Waals surface area contributed by atoms with Crippen LogP contribution in [0.25, 0.3) is 30.9 Å². The average molecular weight is 575 g/mol. The van der Waals surface area contributed by atoms with Gasteiger partial charge in [-0.2, -0.15) is 0 Å². The first-order chi connectivity index (χ1) is 20.8. The summed E-state index contributed by atoms with van der Waals surface area (Å²) in [5.41, 5.74) is 4.64. The zero-order chi connectivity index (χ0) is 27.9. The van der Waals surface area contributed by atoms with E-state index in [9.17, 15) is 0 Å². The second-order valence-corrected chi connectivity index (χ2v) is 12.3. The van der Waals surface area contributed by atoms with Crippen molar-refractivity contribution in [3.63, 3.8) is 0 Å². The van der Waals surface area contributed by atoms with E-state index in [4.69, 9.17) is 0 Å². The van der Waals surface area contributed by atoms with Gasteiger partial charge in [0.05, 0.1) is 0 Å².